The van der Waals surface area contributed by atoms with Crippen LogP contribution in [-0.4, -0.2) is 239 Å². The van der Waals surface area contributed by atoms with Gasteiger partial charge in [0.05, 0.1) is 44.7 Å². The summed E-state index contributed by atoms with van der Waals surface area (Å²) in [6.45, 7) is 8.35. The highest BCUT2D eigenvalue weighted by atomic mass is 16.8. The lowest BCUT2D eigenvalue weighted by molar-refractivity contribution is -0.389. The molecule has 0 bridgehead atoms. The van der Waals surface area contributed by atoms with Crippen LogP contribution in [0.15, 0.2) is 11.6 Å². The first-order valence-electron chi connectivity index (χ1n) is 26.9. The number of aliphatic hydroxyl groups excluding tert-OH is 13. The van der Waals surface area contributed by atoms with Crippen LogP contribution in [0, 0.1) is 46.3 Å². The van der Waals surface area contributed by atoms with Crippen LogP contribution in [-0.2, 0) is 42.6 Å². The van der Waals surface area contributed by atoms with Crippen molar-refractivity contribution >= 4 is 0 Å². The lowest BCUT2D eigenvalue weighted by Crippen LogP contribution is -2.67. The van der Waals surface area contributed by atoms with E-state index in [1.165, 1.54) is 12.5 Å². The molecule has 0 amide bonds. The number of hydrogen-bond donors (Lipinski definition) is 14. The van der Waals surface area contributed by atoms with Gasteiger partial charge in [0.2, 0.25) is 0 Å². The zero-order chi connectivity index (χ0) is 53.5. The summed E-state index contributed by atoms with van der Waals surface area (Å²) in [5.74, 6) is -0.310. The van der Waals surface area contributed by atoms with Crippen molar-refractivity contribution in [1.29, 1.82) is 0 Å². The molecular weight excluding hydrogens is 981 g/mol. The van der Waals surface area contributed by atoms with E-state index in [0.717, 1.165) is 32.1 Å². The lowest BCUT2D eigenvalue weighted by atomic mass is 9.47. The van der Waals surface area contributed by atoms with Crippen LogP contribution in [0.4, 0.5) is 0 Å². The average molecular weight is 1070 g/mol. The molecule has 8 fully saturated rings. The van der Waals surface area contributed by atoms with Crippen molar-refractivity contribution in [3.05, 3.63) is 11.6 Å². The normalized spacial score (nSPS) is 54.9. The van der Waals surface area contributed by atoms with Gasteiger partial charge in [0.15, 0.2) is 30.9 Å². The Kier molecular flexibility index (Phi) is 17.4. The Morgan fingerprint density at radius 1 is 0.635 bits per heavy atom. The molecule has 23 heteroatoms. The summed E-state index contributed by atoms with van der Waals surface area (Å²) >= 11 is 0. The molecule has 31 atom stereocenters. The molecule has 0 radical (unpaired) electrons. The van der Waals surface area contributed by atoms with Gasteiger partial charge in [0.1, 0.15) is 91.6 Å². The molecule has 3 saturated carbocycles. The molecule has 0 aromatic rings. The lowest BCUT2D eigenvalue weighted by Gasteiger charge is -2.58. The van der Waals surface area contributed by atoms with Crippen LogP contribution in [0.3, 0.4) is 0 Å². The summed E-state index contributed by atoms with van der Waals surface area (Å²) in [6.07, 6.45) is -22.1. The Labute approximate surface area is 430 Å². The van der Waals surface area contributed by atoms with Gasteiger partial charge in [-0.05, 0) is 98.7 Å². The third-order valence-electron chi connectivity index (χ3n) is 19.5. The van der Waals surface area contributed by atoms with Crippen molar-refractivity contribution in [2.45, 2.75) is 233 Å². The largest absolute Gasteiger partial charge is 0.394 e. The molecule has 0 spiro atoms. The highest BCUT2D eigenvalue weighted by molar-refractivity contribution is 5.26. The molecule has 9 rings (SSSR count). The van der Waals surface area contributed by atoms with Crippen molar-refractivity contribution < 1.29 is 114 Å². The first kappa shape index (κ1) is 57.5. The minimum atomic E-state index is -1.85. The number of aliphatic hydroxyl groups is 14. The number of rotatable bonds is 15. The van der Waals surface area contributed by atoms with E-state index >= 15 is 0 Å². The van der Waals surface area contributed by atoms with E-state index < -0.39 is 155 Å². The Morgan fingerprint density at radius 2 is 1.22 bits per heavy atom. The zero-order valence-electron chi connectivity index (χ0n) is 42.9. The van der Waals surface area contributed by atoms with Gasteiger partial charge in [-0.3, -0.25) is 0 Å². The van der Waals surface area contributed by atoms with E-state index in [4.69, 9.17) is 42.6 Å². The quantitative estimate of drug-likeness (QED) is 0.0727. The van der Waals surface area contributed by atoms with Crippen LogP contribution in [0.2, 0.25) is 0 Å². The highest BCUT2D eigenvalue weighted by Crippen LogP contribution is 2.70. The molecule has 16 unspecified atom stereocenters. The zero-order valence-corrected chi connectivity index (χ0v) is 42.9. The average Bonchev–Trinajstić information content (AvgIpc) is 3.82. The smallest absolute Gasteiger partial charge is 0.187 e. The van der Waals surface area contributed by atoms with E-state index in [1.54, 1.807) is 0 Å². The van der Waals surface area contributed by atoms with E-state index in [1.807, 2.05) is 6.92 Å². The van der Waals surface area contributed by atoms with Gasteiger partial charge in [0.25, 0.3) is 0 Å². The van der Waals surface area contributed by atoms with E-state index in [0.29, 0.717) is 43.4 Å². The summed E-state index contributed by atoms with van der Waals surface area (Å²) in [5, 5.41) is 148. The molecular formula is C51H84O23. The van der Waals surface area contributed by atoms with Crippen molar-refractivity contribution in [2.75, 3.05) is 26.4 Å². The van der Waals surface area contributed by atoms with E-state index in [2.05, 4.69) is 26.8 Å². The van der Waals surface area contributed by atoms with Gasteiger partial charge in [-0.15, -0.1) is 0 Å². The molecule has 4 aliphatic carbocycles. The third kappa shape index (κ3) is 10.2. The molecule has 5 saturated heterocycles. The summed E-state index contributed by atoms with van der Waals surface area (Å²) in [7, 11) is 0. The van der Waals surface area contributed by atoms with Gasteiger partial charge < -0.3 is 114 Å². The number of allylic oxidation sites excluding steroid dienone is 1. The Bertz CT molecular complexity index is 1920. The summed E-state index contributed by atoms with van der Waals surface area (Å²) < 4.78 is 54.4. The maximum atomic E-state index is 12.1. The monoisotopic (exact) mass is 1060 g/mol. The van der Waals surface area contributed by atoms with E-state index in [-0.39, 0.29) is 41.3 Å². The second kappa shape index (κ2) is 22.4. The Hall–Kier alpha value is -1.18. The van der Waals surface area contributed by atoms with Crippen LogP contribution in [0.5, 0.6) is 0 Å². The molecule has 426 valence electrons. The molecule has 23 nitrogen and oxygen atoms in total. The highest BCUT2D eigenvalue weighted by Gasteiger charge is 2.68. The molecule has 74 heavy (non-hydrogen) atoms. The molecule has 5 heterocycles. The first-order chi connectivity index (χ1) is 35.0. The molecule has 0 aromatic carbocycles. The maximum Gasteiger partial charge on any atom is 0.187 e. The van der Waals surface area contributed by atoms with Crippen molar-refractivity contribution in [3.63, 3.8) is 0 Å². The summed E-state index contributed by atoms with van der Waals surface area (Å²) in [4.78, 5) is 0. The predicted molar refractivity (Wildman–Crippen MR) is 250 cm³/mol. The fraction of sp³-hybridized carbons (Fsp3) is 0.961. The van der Waals surface area contributed by atoms with E-state index in [9.17, 15) is 71.5 Å². The van der Waals surface area contributed by atoms with Crippen molar-refractivity contribution in [3.8, 4) is 0 Å². The van der Waals surface area contributed by atoms with Crippen LogP contribution >= 0.6 is 0 Å². The molecule has 14 N–H and O–H groups in total. The first-order valence-corrected chi connectivity index (χ1v) is 26.9. The third-order valence-corrected chi connectivity index (χ3v) is 19.5. The fourth-order valence-electron chi connectivity index (χ4n) is 15.0. The van der Waals surface area contributed by atoms with Crippen molar-refractivity contribution in [1.82, 2.24) is 0 Å². The van der Waals surface area contributed by atoms with Crippen LogP contribution in [0.1, 0.15) is 92.4 Å². The van der Waals surface area contributed by atoms with Crippen molar-refractivity contribution in [2.24, 2.45) is 46.3 Å². The van der Waals surface area contributed by atoms with Gasteiger partial charge >= 0.3 is 0 Å². The fourth-order valence-corrected chi connectivity index (χ4v) is 15.0. The summed E-state index contributed by atoms with van der Waals surface area (Å²) in [5.41, 5.74) is 1.02. The molecule has 5 aliphatic heterocycles. The van der Waals surface area contributed by atoms with Gasteiger partial charge in [-0.2, -0.15) is 0 Å². The number of ether oxygens (including phenoxy) is 9. The van der Waals surface area contributed by atoms with Gasteiger partial charge in [0, 0.05) is 12.3 Å². The standard InChI is InChI=1S/C51H84O23/c1-20(19-66-45-39(61)37(59)34(56)29(16-52)69-45)8-13-51(65)21(2)32-28(74-51)15-27-25-7-6-23-14-24(9-11-49(23,4)26(25)10-12-50(27,32)5)68-48-44(73-46-40(62)36(58)33(55)22(3)67-46)42(64)43(31(18-54)71-48)72-47-41(63)38(60)35(57)30(17-53)70-47/h6,20-22,24-48,52-65H,7-19H2,1-5H3/t20-,21+,22?,24?,25-,26+,27+,28?,29?,30?,31?,32?,33+,34-,35-,36?,37?,38?,39?,40?,41?,42?,43-,44?,45-,46+,47+,48-,49+,50+,51?/m1/s1. The Balaban J connectivity index is 0.849. The van der Waals surface area contributed by atoms with Gasteiger partial charge in [-0.1, -0.05) is 39.3 Å². The maximum absolute atomic E-state index is 12.1. The van der Waals surface area contributed by atoms with Gasteiger partial charge in [-0.25, -0.2) is 0 Å². The number of hydrogen-bond acceptors (Lipinski definition) is 23. The molecule has 0 aromatic heterocycles. The summed E-state index contributed by atoms with van der Waals surface area (Å²) in [6, 6.07) is 0. The predicted octanol–water partition coefficient (Wildman–Crippen LogP) is -3.01. The number of fused-ring (bicyclic) bond motifs is 7. The second-order valence-corrected chi connectivity index (χ2v) is 23.8. The molecule has 9 aliphatic rings. The van der Waals surface area contributed by atoms with Crippen LogP contribution in [0.25, 0.3) is 0 Å². The SMILES string of the molecule is CC1O[C@@H](OC2C(O)[C@H](O[C@@H]3OC(CO)[C@@H](O)C(O)C3O)C(CO)O[C@H]2OC2CC[C@@]3(C)C(=CC[C@@H]4[C@@H]3CC[C@]3(C)C5C(C[C@@H]43)OC(O)(CC[C@@H](C)CO[C@@H]3OC(CO)[C@@H](O)C(O)C3O)[C@H]5C)C2)C(O)C(O)[C@H]1O. The topological polar surface area (TPSA) is 366 Å². The van der Waals surface area contributed by atoms with Crippen LogP contribution < -0.4 is 0 Å². The Morgan fingerprint density at radius 3 is 1.86 bits per heavy atom. The minimum absolute atomic E-state index is 0.0705. The second-order valence-electron chi connectivity index (χ2n) is 23.8. The minimum Gasteiger partial charge on any atom is -0.394 e.